The highest BCUT2D eigenvalue weighted by atomic mass is 15.1. The van der Waals surface area contributed by atoms with Gasteiger partial charge < -0.3 is 14.9 Å². The minimum Gasteiger partial charge on any atom is -0.384 e. The van der Waals surface area contributed by atoms with Crippen molar-refractivity contribution in [2.45, 2.75) is 26.3 Å². The molecule has 0 amide bonds. The van der Waals surface area contributed by atoms with Gasteiger partial charge >= 0.3 is 0 Å². The first-order chi connectivity index (χ1) is 13.7. The number of hydrogen-bond acceptors (Lipinski definition) is 4. The predicted molar refractivity (Wildman–Crippen MR) is 114 cm³/mol. The van der Waals surface area contributed by atoms with Crippen LogP contribution in [-0.4, -0.2) is 24.1 Å². The maximum absolute atomic E-state index is 6.67. The van der Waals surface area contributed by atoms with E-state index in [1.807, 2.05) is 49.5 Å². The molecular weight excluding hydrogens is 348 g/mol. The molecule has 0 saturated carbocycles. The Morgan fingerprint density at radius 1 is 0.893 bits per heavy atom. The van der Waals surface area contributed by atoms with Crippen LogP contribution < -0.4 is 5.73 Å². The number of aromatic nitrogens is 5. The van der Waals surface area contributed by atoms with Gasteiger partial charge in [-0.05, 0) is 30.7 Å². The minimum atomic E-state index is 0.678. The van der Waals surface area contributed by atoms with Gasteiger partial charge in [-0.3, -0.25) is 0 Å². The van der Waals surface area contributed by atoms with E-state index in [2.05, 4.69) is 22.1 Å². The van der Waals surface area contributed by atoms with Gasteiger partial charge in [-0.1, -0.05) is 37.6 Å². The number of benzene rings is 2. The third-order valence-corrected chi connectivity index (χ3v) is 5.34. The fourth-order valence-electron chi connectivity index (χ4n) is 3.85. The standard InChI is InChI=1S/C22H22N6/c1-3-4-13-28-20(23)18(21-26-16-11-7-8-12-17(16)27(21)2)19-22(28)25-15-10-6-5-9-14(15)24-19/h5-12H,3-4,13,23H2,1-2H3. The molecule has 6 nitrogen and oxygen atoms in total. The van der Waals surface area contributed by atoms with Gasteiger partial charge in [0, 0.05) is 13.6 Å². The van der Waals surface area contributed by atoms with E-state index >= 15 is 0 Å². The fraction of sp³-hybridized carbons (Fsp3) is 0.227. The van der Waals surface area contributed by atoms with Crippen molar-refractivity contribution in [3.05, 3.63) is 48.5 Å². The first kappa shape index (κ1) is 16.7. The van der Waals surface area contributed by atoms with Crippen LogP contribution in [0.25, 0.3) is 44.6 Å². The SMILES string of the molecule is CCCCn1c(N)c(-c2nc3ccccc3n2C)c2nc3ccccc3nc21. The molecule has 0 saturated heterocycles. The molecule has 6 heteroatoms. The van der Waals surface area contributed by atoms with E-state index < -0.39 is 0 Å². The number of fused-ring (bicyclic) bond motifs is 3. The van der Waals surface area contributed by atoms with Crippen LogP contribution in [0.5, 0.6) is 0 Å². The van der Waals surface area contributed by atoms with Crippen molar-refractivity contribution >= 4 is 39.0 Å². The molecule has 5 rings (SSSR count). The summed E-state index contributed by atoms with van der Waals surface area (Å²) in [5, 5.41) is 0. The summed E-state index contributed by atoms with van der Waals surface area (Å²) in [6.45, 7) is 2.99. The highest BCUT2D eigenvalue weighted by molar-refractivity contribution is 6.01. The Hall–Kier alpha value is -3.41. The molecule has 0 fully saturated rings. The van der Waals surface area contributed by atoms with E-state index in [0.717, 1.165) is 64.0 Å². The van der Waals surface area contributed by atoms with Crippen LogP contribution in [0.15, 0.2) is 48.5 Å². The molecule has 2 aromatic carbocycles. The molecule has 28 heavy (non-hydrogen) atoms. The summed E-state index contributed by atoms with van der Waals surface area (Å²) in [6, 6.07) is 16.1. The smallest absolute Gasteiger partial charge is 0.161 e. The first-order valence-electron chi connectivity index (χ1n) is 9.65. The largest absolute Gasteiger partial charge is 0.384 e. The average molecular weight is 370 g/mol. The van der Waals surface area contributed by atoms with E-state index in [1.165, 1.54) is 0 Å². The van der Waals surface area contributed by atoms with Crippen LogP contribution in [0.1, 0.15) is 19.8 Å². The number of hydrogen-bond donors (Lipinski definition) is 1. The lowest BCUT2D eigenvalue weighted by Crippen LogP contribution is -2.04. The number of unbranched alkanes of at least 4 members (excludes halogenated alkanes) is 1. The molecule has 2 N–H and O–H groups in total. The molecular formula is C22H22N6. The Morgan fingerprint density at radius 2 is 1.57 bits per heavy atom. The van der Waals surface area contributed by atoms with Crippen molar-refractivity contribution in [2.24, 2.45) is 7.05 Å². The number of nitrogen functional groups attached to an aromatic ring is 1. The van der Waals surface area contributed by atoms with Crippen molar-refractivity contribution in [3.63, 3.8) is 0 Å². The van der Waals surface area contributed by atoms with Gasteiger partial charge in [0.1, 0.15) is 17.2 Å². The number of rotatable bonds is 4. The Balaban J connectivity index is 1.87. The van der Waals surface area contributed by atoms with Gasteiger partial charge in [-0.25, -0.2) is 15.0 Å². The number of nitrogens with two attached hydrogens (primary N) is 1. The topological polar surface area (TPSA) is 74.6 Å². The van der Waals surface area contributed by atoms with E-state index in [-0.39, 0.29) is 0 Å². The zero-order valence-electron chi connectivity index (χ0n) is 16.1. The van der Waals surface area contributed by atoms with Gasteiger partial charge in [0.25, 0.3) is 0 Å². The Bertz CT molecular complexity index is 1330. The third-order valence-electron chi connectivity index (χ3n) is 5.34. The second-order valence-corrected chi connectivity index (χ2v) is 7.13. The summed E-state index contributed by atoms with van der Waals surface area (Å²) in [6.07, 6.45) is 2.12. The molecule has 3 heterocycles. The van der Waals surface area contributed by atoms with Crippen molar-refractivity contribution < 1.29 is 0 Å². The highest BCUT2D eigenvalue weighted by Gasteiger charge is 2.23. The van der Waals surface area contributed by atoms with Crippen molar-refractivity contribution in [1.82, 2.24) is 24.1 Å². The molecule has 5 aromatic rings. The van der Waals surface area contributed by atoms with E-state index in [0.29, 0.717) is 5.82 Å². The molecule has 0 bridgehead atoms. The number of aryl methyl sites for hydroxylation is 2. The molecule has 0 aliphatic heterocycles. The summed E-state index contributed by atoms with van der Waals surface area (Å²) in [4.78, 5) is 14.7. The van der Waals surface area contributed by atoms with Crippen molar-refractivity contribution in [3.8, 4) is 11.4 Å². The average Bonchev–Trinajstić information content (AvgIpc) is 3.18. The van der Waals surface area contributed by atoms with Gasteiger partial charge in [0.05, 0.1) is 27.6 Å². The molecule has 3 aromatic heterocycles. The lowest BCUT2D eigenvalue weighted by Gasteiger charge is -2.07. The van der Waals surface area contributed by atoms with Crippen LogP contribution in [-0.2, 0) is 13.6 Å². The van der Waals surface area contributed by atoms with Crippen LogP contribution in [0.3, 0.4) is 0 Å². The van der Waals surface area contributed by atoms with Gasteiger partial charge in [-0.2, -0.15) is 0 Å². The molecule has 0 atom stereocenters. The van der Waals surface area contributed by atoms with E-state index in [4.69, 9.17) is 20.7 Å². The zero-order valence-corrected chi connectivity index (χ0v) is 16.1. The van der Waals surface area contributed by atoms with Crippen LogP contribution in [0, 0.1) is 0 Å². The molecule has 0 aliphatic rings. The number of nitrogens with zero attached hydrogens (tertiary/aromatic N) is 5. The Labute approximate surface area is 162 Å². The fourth-order valence-corrected chi connectivity index (χ4v) is 3.85. The van der Waals surface area contributed by atoms with Crippen LogP contribution in [0.4, 0.5) is 5.82 Å². The Kier molecular flexibility index (Phi) is 3.79. The number of para-hydroxylation sites is 4. The van der Waals surface area contributed by atoms with Crippen molar-refractivity contribution in [2.75, 3.05) is 5.73 Å². The Morgan fingerprint density at radius 3 is 2.29 bits per heavy atom. The third kappa shape index (κ3) is 2.37. The molecule has 140 valence electrons. The second kappa shape index (κ2) is 6.34. The number of anilines is 1. The normalized spacial score (nSPS) is 11.8. The summed E-state index contributed by atoms with van der Waals surface area (Å²) in [5.74, 6) is 1.50. The number of imidazole rings is 1. The second-order valence-electron chi connectivity index (χ2n) is 7.13. The van der Waals surface area contributed by atoms with Gasteiger partial charge in [-0.15, -0.1) is 0 Å². The zero-order chi connectivity index (χ0) is 19.3. The molecule has 0 spiro atoms. The van der Waals surface area contributed by atoms with Gasteiger partial charge in [0.2, 0.25) is 0 Å². The molecule has 0 unspecified atom stereocenters. The maximum Gasteiger partial charge on any atom is 0.161 e. The lowest BCUT2D eigenvalue weighted by molar-refractivity contribution is 0.652. The lowest BCUT2D eigenvalue weighted by atomic mass is 10.2. The summed E-state index contributed by atoms with van der Waals surface area (Å²) in [7, 11) is 2.02. The first-order valence-corrected chi connectivity index (χ1v) is 9.65. The monoisotopic (exact) mass is 370 g/mol. The van der Waals surface area contributed by atoms with Gasteiger partial charge in [0.15, 0.2) is 5.65 Å². The highest BCUT2D eigenvalue weighted by Crippen LogP contribution is 2.36. The van der Waals surface area contributed by atoms with E-state index in [9.17, 15) is 0 Å². The summed E-state index contributed by atoms with van der Waals surface area (Å²) < 4.78 is 4.18. The quantitative estimate of drug-likeness (QED) is 0.505. The molecule has 0 radical (unpaired) electrons. The van der Waals surface area contributed by atoms with Crippen molar-refractivity contribution in [1.29, 1.82) is 0 Å². The predicted octanol–water partition coefficient (Wildman–Crippen LogP) is 4.52. The summed E-state index contributed by atoms with van der Waals surface area (Å²) >= 11 is 0. The van der Waals surface area contributed by atoms with Crippen LogP contribution >= 0.6 is 0 Å². The summed E-state index contributed by atoms with van der Waals surface area (Å²) in [5.41, 5.74) is 12.9. The van der Waals surface area contributed by atoms with E-state index in [1.54, 1.807) is 0 Å². The van der Waals surface area contributed by atoms with Crippen LogP contribution in [0.2, 0.25) is 0 Å². The maximum atomic E-state index is 6.67. The molecule has 0 aliphatic carbocycles. The minimum absolute atomic E-state index is 0.678.